The van der Waals surface area contributed by atoms with E-state index in [0.29, 0.717) is 20.6 Å². The van der Waals surface area contributed by atoms with Crippen molar-refractivity contribution in [3.8, 4) is 6.07 Å². The van der Waals surface area contributed by atoms with E-state index in [0.717, 1.165) is 5.56 Å². The maximum Gasteiger partial charge on any atom is 0.266 e. The molecule has 0 saturated heterocycles. The molecule has 0 atom stereocenters. The van der Waals surface area contributed by atoms with Crippen LogP contribution in [0.1, 0.15) is 11.3 Å². The van der Waals surface area contributed by atoms with E-state index in [2.05, 4.69) is 37.2 Å². The van der Waals surface area contributed by atoms with Gasteiger partial charge in [0.1, 0.15) is 17.4 Å². The summed E-state index contributed by atoms with van der Waals surface area (Å²) >= 11 is 6.48. The molecule has 2 aromatic rings. The largest absolute Gasteiger partial charge is 0.449 e. The number of nitrogens with one attached hydrogen (secondary N) is 1. The monoisotopic (exact) mass is 408 g/mol. The van der Waals surface area contributed by atoms with Gasteiger partial charge in [0.05, 0.1) is 4.47 Å². The Morgan fingerprint density at radius 1 is 1.38 bits per heavy atom. The zero-order valence-corrected chi connectivity index (χ0v) is 14.2. The fourth-order valence-electron chi connectivity index (χ4n) is 1.63. The molecule has 0 saturated carbocycles. The number of hydrogen-bond acceptors (Lipinski definition) is 3. The van der Waals surface area contributed by atoms with Crippen LogP contribution < -0.4 is 5.32 Å². The minimum Gasteiger partial charge on any atom is -0.449 e. The smallest absolute Gasteiger partial charge is 0.266 e. The first-order valence-electron chi connectivity index (χ1n) is 5.95. The van der Waals surface area contributed by atoms with Crippen LogP contribution >= 0.6 is 31.9 Å². The van der Waals surface area contributed by atoms with Crippen LogP contribution in [0.2, 0.25) is 0 Å². The molecule has 0 spiro atoms. The number of aryl methyl sites for hydroxylation is 1. The lowest BCUT2D eigenvalue weighted by Gasteiger charge is -2.06. The van der Waals surface area contributed by atoms with Crippen LogP contribution in [0, 0.1) is 18.3 Å². The normalized spacial score (nSPS) is 11.0. The molecule has 0 bridgehead atoms. The van der Waals surface area contributed by atoms with E-state index in [1.807, 2.05) is 31.2 Å². The minimum absolute atomic E-state index is 0.0352. The van der Waals surface area contributed by atoms with E-state index >= 15 is 0 Å². The zero-order chi connectivity index (χ0) is 15.4. The van der Waals surface area contributed by atoms with Crippen molar-refractivity contribution in [1.29, 1.82) is 5.26 Å². The predicted molar refractivity (Wildman–Crippen MR) is 87.5 cm³/mol. The van der Waals surface area contributed by atoms with E-state index in [1.165, 1.54) is 6.08 Å². The van der Waals surface area contributed by atoms with Gasteiger partial charge >= 0.3 is 0 Å². The predicted octanol–water partition coefficient (Wildman–Crippen LogP) is 4.66. The number of halogens is 2. The first-order chi connectivity index (χ1) is 10.0. The Morgan fingerprint density at radius 3 is 2.67 bits per heavy atom. The molecule has 6 heteroatoms. The number of para-hydroxylation sites is 1. The molecule has 0 aliphatic rings. The topological polar surface area (TPSA) is 66.0 Å². The number of nitrogens with zero attached hydrogens (tertiary/aromatic N) is 1. The molecule has 1 amide bonds. The highest BCUT2D eigenvalue weighted by Gasteiger charge is 2.12. The molecule has 4 nitrogen and oxygen atoms in total. The molecule has 0 unspecified atom stereocenters. The molecule has 0 aliphatic carbocycles. The van der Waals surface area contributed by atoms with Gasteiger partial charge in [-0.15, -0.1) is 0 Å². The lowest BCUT2D eigenvalue weighted by molar-refractivity contribution is -0.112. The Labute approximate surface area is 138 Å². The Kier molecular flexibility index (Phi) is 4.99. The van der Waals surface area contributed by atoms with Gasteiger partial charge in [0, 0.05) is 11.8 Å². The van der Waals surface area contributed by atoms with Crippen molar-refractivity contribution < 1.29 is 9.21 Å². The Morgan fingerprint density at radius 2 is 2.10 bits per heavy atom. The average Bonchev–Trinajstić information content (AvgIpc) is 2.77. The number of amides is 1. The third-order valence-corrected chi connectivity index (χ3v) is 4.42. The van der Waals surface area contributed by atoms with Crippen LogP contribution in [-0.2, 0) is 4.79 Å². The Balaban J connectivity index is 2.24. The van der Waals surface area contributed by atoms with Gasteiger partial charge in [-0.25, -0.2) is 0 Å². The zero-order valence-electron chi connectivity index (χ0n) is 11.0. The summed E-state index contributed by atoms with van der Waals surface area (Å²) in [6.07, 6.45) is 1.39. The van der Waals surface area contributed by atoms with Crippen LogP contribution in [0.15, 0.2) is 49.5 Å². The van der Waals surface area contributed by atoms with Crippen molar-refractivity contribution in [2.75, 3.05) is 5.32 Å². The summed E-state index contributed by atoms with van der Waals surface area (Å²) in [7, 11) is 0. The fraction of sp³-hybridized carbons (Fsp3) is 0.0667. The van der Waals surface area contributed by atoms with Crippen LogP contribution in [0.5, 0.6) is 0 Å². The van der Waals surface area contributed by atoms with E-state index < -0.39 is 5.91 Å². The summed E-state index contributed by atoms with van der Waals surface area (Å²) < 4.78 is 6.55. The van der Waals surface area contributed by atoms with Gasteiger partial charge in [-0.1, -0.05) is 18.2 Å². The summed E-state index contributed by atoms with van der Waals surface area (Å²) in [5.74, 6) is -0.0688. The molecule has 1 aromatic carbocycles. The highest BCUT2D eigenvalue weighted by molar-refractivity contribution is 9.13. The Bertz CT molecular complexity index is 738. The number of nitriles is 1. The van der Waals surface area contributed by atoms with Gasteiger partial charge in [-0.3, -0.25) is 4.79 Å². The van der Waals surface area contributed by atoms with Gasteiger partial charge in [-0.05, 0) is 56.5 Å². The number of furan rings is 1. The number of hydrogen-bond donors (Lipinski definition) is 1. The molecular weight excluding hydrogens is 400 g/mol. The molecule has 0 aliphatic heterocycles. The number of carbonyl (C=O) groups excluding carboxylic acids is 1. The maximum absolute atomic E-state index is 12.1. The number of rotatable bonds is 3. The van der Waals surface area contributed by atoms with Crippen molar-refractivity contribution in [1.82, 2.24) is 0 Å². The summed E-state index contributed by atoms with van der Waals surface area (Å²) in [5, 5.41) is 11.8. The van der Waals surface area contributed by atoms with E-state index in [-0.39, 0.29) is 5.57 Å². The maximum atomic E-state index is 12.1. The Hall–Kier alpha value is -1.84. The first-order valence-corrected chi connectivity index (χ1v) is 7.53. The highest BCUT2D eigenvalue weighted by Crippen LogP contribution is 2.28. The van der Waals surface area contributed by atoms with Gasteiger partial charge in [-0.2, -0.15) is 5.26 Å². The fourth-order valence-corrected chi connectivity index (χ4v) is 2.24. The molecule has 1 heterocycles. The first kappa shape index (κ1) is 15.5. The summed E-state index contributed by atoms with van der Waals surface area (Å²) in [5.41, 5.74) is 1.56. The van der Waals surface area contributed by atoms with E-state index in [9.17, 15) is 4.79 Å². The quantitative estimate of drug-likeness (QED) is 0.592. The second kappa shape index (κ2) is 6.74. The molecule has 106 valence electrons. The van der Waals surface area contributed by atoms with Crippen LogP contribution in [0.3, 0.4) is 0 Å². The van der Waals surface area contributed by atoms with Crippen molar-refractivity contribution in [2.45, 2.75) is 6.92 Å². The van der Waals surface area contributed by atoms with Crippen LogP contribution in [-0.4, -0.2) is 5.91 Å². The van der Waals surface area contributed by atoms with Gasteiger partial charge < -0.3 is 9.73 Å². The van der Waals surface area contributed by atoms with Gasteiger partial charge in [0.2, 0.25) is 0 Å². The van der Waals surface area contributed by atoms with Crippen LogP contribution in [0.4, 0.5) is 5.69 Å². The minimum atomic E-state index is -0.476. The van der Waals surface area contributed by atoms with Gasteiger partial charge in [0.15, 0.2) is 4.67 Å². The molecule has 2 rings (SSSR count). The third kappa shape index (κ3) is 3.84. The highest BCUT2D eigenvalue weighted by atomic mass is 79.9. The molecule has 0 fully saturated rings. The molecule has 0 radical (unpaired) electrons. The number of benzene rings is 1. The summed E-state index contributed by atoms with van der Waals surface area (Å²) in [6, 6.07) is 10.9. The lowest BCUT2D eigenvalue weighted by Crippen LogP contribution is -2.14. The average molecular weight is 410 g/mol. The SMILES string of the molecule is Cc1ccccc1NC(=O)/C(C#N)=C\c1cc(Br)c(Br)o1. The standard InChI is InChI=1S/C15H10Br2N2O2/c1-9-4-2-3-5-13(9)19-15(20)10(8-18)6-11-7-12(16)14(17)21-11/h2-7H,1H3,(H,19,20)/b10-6-. The van der Waals surface area contributed by atoms with E-state index in [1.54, 1.807) is 12.1 Å². The van der Waals surface area contributed by atoms with Crippen molar-refractivity contribution in [2.24, 2.45) is 0 Å². The number of anilines is 1. The molecule has 1 N–H and O–H groups in total. The molecular formula is C15H10Br2N2O2. The second-order valence-corrected chi connectivity index (χ2v) is 5.78. The second-order valence-electron chi connectivity index (χ2n) is 4.21. The summed E-state index contributed by atoms with van der Waals surface area (Å²) in [4.78, 5) is 12.1. The number of carbonyl (C=O) groups is 1. The van der Waals surface area contributed by atoms with Crippen molar-refractivity contribution in [3.05, 3.63) is 56.4 Å². The summed E-state index contributed by atoms with van der Waals surface area (Å²) in [6.45, 7) is 1.88. The molecule has 21 heavy (non-hydrogen) atoms. The van der Waals surface area contributed by atoms with Gasteiger partial charge in [0.25, 0.3) is 5.91 Å². The van der Waals surface area contributed by atoms with E-state index in [4.69, 9.17) is 9.68 Å². The van der Waals surface area contributed by atoms with Crippen molar-refractivity contribution >= 4 is 49.5 Å². The molecule has 1 aromatic heterocycles. The van der Waals surface area contributed by atoms with Crippen LogP contribution in [0.25, 0.3) is 6.08 Å². The third-order valence-electron chi connectivity index (χ3n) is 2.71. The van der Waals surface area contributed by atoms with Crippen molar-refractivity contribution in [3.63, 3.8) is 0 Å². The lowest BCUT2D eigenvalue weighted by atomic mass is 10.2.